The molecule has 1 atom stereocenters. The smallest absolute Gasteiger partial charge is 0.283 e. The Morgan fingerprint density at radius 1 is 1.67 bits per heavy atom. The van der Waals surface area contributed by atoms with Crippen LogP contribution in [0.2, 0.25) is 0 Å². The number of hydrogen-bond donors (Lipinski definition) is 2. The zero-order chi connectivity index (χ0) is 13.1. The van der Waals surface area contributed by atoms with E-state index in [0.29, 0.717) is 18.8 Å². The van der Waals surface area contributed by atoms with Gasteiger partial charge in [-0.05, 0) is 6.92 Å². The van der Waals surface area contributed by atoms with Gasteiger partial charge in [-0.25, -0.2) is 9.37 Å². The van der Waals surface area contributed by atoms with Crippen molar-refractivity contribution in [2.75, 3.05) is 13.1 Å². The number of rotatable bonds is 2. The fraction of sp³-hybridized carbons (Fsp3) is 0.364. The van der Waals surface area contributed by atoms with E-state index in [1.54, 1.807) is 6.92 Å². The molecule has 0 aliphatic carbocycles. The van der Waals surface area contributed by atoms with Gasteiger partial charge >= 0.3 is 0 Å². The summed E-state index contributed by atoms with van der Waals surface area (Å²) in [5, 5.41) is 2.61. The Balaban J connectivity index is 2.13. The van der Waals surface area contributed by atoms with E-state index in [0.717, 1.165) is 6.08 Å². The van der Waals surface area contributed by atoms with E-state index >= 15 is 0 Å². The van der Waals surface area contributed by atoms with Crippen LogP contribution in [0.4, 0.5) is 4.39 Å². The highest BCUT2D eigenvalue weighted by molar-refractivity contribution is 5.98. The minimum Gasteiger partial charge on any atom is -0.353 e. The molecule has 0 spiro atoms. The van der Waals surface area contributed by atoms with E-state index in [-0.39, 0.29) is 5.91 Å². The molecule has 18 heavy (non-hydrogen) atoms. The third kappa shape index (κ3) is 2.39. The summed E-state index contributed by atoms with van der Waals surface area (Å²) < 4.78 is 13.7. The molecule has 0 bridgehead atoms. The molecule has 0 radical (unpaired) electrons. The number of nitrogens with one attached hydrogen (secondary N) is 2. The number of imidazole rings is 1. The molecule has 1 aromatic rings. The highest BCUT2D eigenvalue weighted by Crippen LogP contribution is 2.13. The van der Waals surface area contributed by atoms with Crippen molar-refractivity contribution in [3.8, 4) is 0 Å². The van der Waals surface area contributed by atoms with Gasteiger partial charge in [-0.3, -0.25) is 9.59 Å². The van der Waals surface area contributed by atoms with Crippen molar-refractivity contribution >= 4 is 17.9 Å². The molecule has 2 rings (SSSR count). The van der Waals surface area contributed by atoms with Crippen molar-refractivity contribution < 1.29 is 14.0 Å². The van der Waals surface area contributed by atoms with E-state index in [1.165, 1.54) is 17.4 Å². The molecular weight excluding hydrogens is 239 g/mol. The molecule has 7 heteroatoms. The van der Waals surface area contributed by atoms with E-state index < -0.39 is 17.8 Å². The maximum absolute atomic E-state index is 13.7. The highest BCUT2D eigenvalue weighted by Gasteiger charge is 2.31. The van der Waals surface area contributed by atoms with Gasteiger partial charge in [-0.2, -0.15) is 0 Å². The van der Waals surface area contributed by atoms with Crippen LogP contribution >= 0.6 is 0 Å². The molecule has 1 saturated heterocycles. The third-order valence-electron chi connectivity index (χ3n) is 2.77. The van der Waals surface area contributed by atoms with Gasteiger partial charge in [0, 0.05) is 19.2 Å². The van der Waals surface area contributed by atoms with Crippen LogP contribution in [0.5, 0.6) is 0 Å². The topological polar surface area (TPSA) is 78.1 Å². The number of hydrogen-bond acceptors (Lipinski definition) is 3. The zero-order valence-electron chi connectivity index (χ0n) is 9.81. The van der Waals surface area contributed by atoms with Crippen LogP contribution in [-0.2, 0) is 9.59 Å². The lowest BCUT2D eigenvalue weighted by Crippen LogP contribution is -2.55. The van der Waals surface area contributed by atoms with Crippen LogP contribution in [0.1, 0.15) is 12.6 Å². The van der Waals surface area contributed by atoms with Crippen molar-refractivity contribution in [2.24, 2.45) is 0 Å². The number of H-pyrrole nitrogens is 1. The molecule has 1 unspecified atom stereocenters. The largest absolute Gasteiger partial charge is 0.353 e. The van der Waals surface area contributed by atoms with Gasteiger partial charge in [0.15, 0.2) is 5.83 Å². The fourth-order valence-corrected chi connectivity index (χ4v) is 1.74. The van der Waals surface area contributed by atoms with Crippen molar-refractivity contribution in [1.82, 2.24) is 20.2 Å². The number of aromatic nitrogens is 2. The van der Waals surface area contributed by atoms with Crippen LogP contribution in [0.3, 0.4) is 0 Å². The Hall–Kier alpha value is -2.18. The van der Waals surface area contributed by atoms with Gasteiger partial charge in [0.25, 0.3) is 5.91 Å². The van der Waals surface area contributed by atoms with Gasteiger partial charge < -0.3 is 15.2 Å². The number of halogens is 1. The SMILES string of the molecule is CC1C(=O)NCCN1C(=O)/C(F)=C/c1cnc[nH]1. The first-order valence-corrected chi connectivity index (χ1v) is 5.54. The van der Waals surface area contributed by atoms with E-state index in [2.05, 4.69) is 15.3 Å². The van der Waals surface area contributed by atoms with Gasteiger partial charge in [0.1, 0.15) is 6.04 Å². The molecule has 1 fully saturated rings. The lowest BCUT2D eigenvalue weighted by molar-refractivity contribution is -0.140. The number of amides is 2. The quantitative estimate of drug-likeness (QED) is 0.731. The van der Waals surface area contributed by atoms with Crippen molar-refractivity contribution in [3.05, 3.63) is 24.0 Å². The predicted octanol–water partition coefficient (Wildman–Crippen LogP) is 0.0670. The lowest BCUT2D eigenvalue weighted by Gasteiger charge is -2.32. The zero-order valence-corrected chi connectivity index (χ0v) is 9.81. The second-order valence-corrected chi connectivity index (χ2v) is 3.96. The average molecular weight is 252 g/mol. The van der Waals surface area contributed by atoms with Gasteiger partial charge in [0.2, 0.25) is 5.91 Å². The molecule has 96 valence electrons. The standard InChI is InChI=1S/C11H13FN4O2/c1-7-10(17)14-2-3-16(7)11(18)9(12)4-8-5-13-6-15-8/h4-7H,2-3H2,1H3,(H,13,15)(H,14,17)/b9-4-. The fourth-order valence-electron chi connectivity index (χ4n) is 1.74. The third-order valence-corrected chi connectivity index (χ3v) is 2.77. The van der Waals surface area contributed by atoms with Crippen LogP contribution in [-0.4, -0.2) is 45.8 Å². The first-order chi connectivity index (χ1) is 8.59. The average Bonchev–Trinajstić information content (AvgIpc) is 2.84. The maximum Gasteiger partial charge on any atom is 0.283 e. The Bertz CT molecular complexity index is 483. The molecule has 1 aliphatic heterocycles. The van der Waals surface area contributed by atoms with Crippen LogP contribution < -0.4 is 5.32 Å². The van der Waals surface area contributed by atoms with Gasteiger partial charge in [-0.15, -0.1) is 0 Å². The molecule has 0 aromatic carbocycles. The first kappa shape index (κ1) is 12.3. The summed E-state index contributed by atoms with van der Waals surface area (Å²) in [6.07, 6.45) is 3.86. The predicted molar refractivity (Wildman–Crippen MR) is 61.9 cm³/mol. The summed E-state index contributed by atoms with van der Waals surface area (Å²) in [4.78, 5) is 30.8. The van der Waals surface area contributed by atoms with Gasteiger partial charge in [-0.1, -0.05) is 0 Å². The van der Waals surface area contributed by atoms with Crippen molar-refractivity contribution in [2.45, 2.75) is 13.0 Å². The van der Waals surface area contributed by atoms with E-state index in [4.69, 9.17) is 0 Å². The Morgan fingerprint density at radius 2 is 2.44 bits per heavy atom. The highest BCUT2D eigenvalue weighted by atomic mass is 19.1. The summed E-state index contributed by atoms with van der Waals surface area (Å²) in [5.74, 6) is -1.98. The van der Waals surface area contributed by atoms with Crippen LogP contribution in [0.25, 0.3) is 6.08 Å². The monoisotopic (exact) mass is 252 g/mol. The normalized spacial score (nSPS) is 20.8. The van der Waals surface area contributed by atoms with Gasteiger partial charge in [0.05, 0.1) is 18.2 Å². The molecule has 2 heterocycles. The van der Waals surface area contributed by atoms with Crippen LogP contribution in [0.15, 0.2) is 18.4 Å². The van der Waals surface area contributed by atoms with Crippen molar-refractivity contribution in [1.29, 1.82) is 0 Å². The molecule has 1 aromatic heterocycles. The van der Waals surface area contributed by atoms with E-state index in [9.17, 15) is 14.0 Å². The van der Waals surface area contributed by atoms with Crippen LogP contribution in [0, 0.1) is 0 Å². The Kier molecular flexibility index (Phi) is 3.40. The molecule has 1 aliphatic rings. The summed E-state index contributed by atoms with van der Waals surface area (Å²) >= 11 is 0. The Morgan fingerprint density at radius 3 is 3.11 bits per heavy atom. The first-order valence-electron chi connectivity index (χ1n) is 5.54. The molecule has 2 amide bonds. The Labute approximate surface area is 103 Å². The maximum atomic E-state index is 13.7. The second kappa shape index (κ2) is 4.99. The molecular formula is C11H13FN4O2. The van der Waals surface area contributed by atoms with E-state index in [1.807, 2.05) is 0 Å². The molecule has 6 nitrogen and oxygen atoms in total. The summed E-state index contributed by atoms with van der Waals surface area (Å²) in [6, 6.07) is -0.660. The summed E-state index contributed by atoms with van der Waals surface area (Å²) in [7, 11) is 0. The number of piperazine rings is 1. The number of carbonyl (C=O) groups is 2. The van der Waals surface area contributed by atoms with Crippen molar-refractivity contribution in [3.63, 3.8) is 0 Å². The minimum absolute atomic E-state index is 0.274. The number of aromatic amines is 1. The lowest BCUT2D eigenvalue weighted by atomic mass is 10.2. The minimum atomic E-state index is -0.916. The summed E-state index contributed by atoms with van der Waals surface area (Å²) in [6.45, 7) is 2.21. The summed E-state index contributed by atoms with van der Waals surface area (Å²) in [5.41, 5.74) is 0.398. The number of carbonyl (C=O) groups excluding carboxylic acids is 2. The molecule has 2 N–H and O–H groups in total. The second-order valence-electron chi connectivity index (χ2n) is 3.96. The number of nitrogens with zero attached hydrogens (tertiary/aromatic N) is 2. The molecule has 0 saturated carbocycles.